The van der Waals surface area contributed by atoms with Gasteiger partial charge >= 0.3 is 6.03 Å². The quantitative estimate of drug-likeness (QED) is 0.917. The van der Waals surface area contributed by atoms with Gasteiger partial charge in [0.15, 0.2) is 0 Å². The lowest BCUT2D eigenvalue weighted by molar-refractivity contribution is 0.209. The van der Waals surface area contributed by atoms with Crippen molar-refractivity contribution in [2.45, 2.75) is 45.7 Å². The van der Waals surface area contributed by atoms with Gasteiger partial charge in [0.2, 0.25) is 0 Å². The fourth-order valence-corrected chi connectivity index (χ4v) is 3.47. The van der Waals surface area contributed by atoms with Crippen molar-refractivity contribution in [3.05, 3.63) is 12.4 Å². The largest absolute Gasteiger partial charge is 0.354 e. The number of rotatable bonds is 3. The maximum atomic E-state index is 12.4. The van der Waals surface area contributed by atoms with Gasteiger partial charge in [0.25, 0.3) is 0 Å². The number of nitrogens with one attached hydrogen (secondary N) is 1. The molecule has 3 rings (SSSR count). The van der Waals surface area contributed by atoms with E-state index in [0.29, 0.717) is 17.9 Å². The van der Waals surface area contributed by atoms with E-state index < -0.39 is 0 Å². The van der Waals surface area contributed by atoms with E-state index >= 15 is 0 Å². The van der Waals surface area contributed by atoms with Crippen molar-refractivity contribution in [1.82, 2.24) is 19.8 Å². The molecule has 2 fully saturated rings. The maximum absolute atomic E-state index is 12.4. The Kier molecular flexibility index (Phi) is 5.18. The van der Waals surface area contributed by atoms with E-state index in [1.807, 2.05) is 11.0 Å². The summed E-state index contributed by atoms with van der Waals surface area (Å²) in [6, 6.07) is 2.70. The summed E-state index contributed by atoms with van der Waals surface area (Å²) in [5.41, 5.74) is 0. The third-order valence-corrected chi connectivity index (χ3v) is 5.07. The second-order valence-corrected chi connectivity index (χ2v) is 6.99. The molecule has 0 aromatic carbocycles. The number of nitrogens with zero attached hydrogens (tertiary/aromatic N) is 5. The van der Waals surface area contributed by atoms with Crippen LogP contribution in [0.1, 0.15) is 33.6 Å². The van der Waals surface area contributed by atoms with Crippen molar-refractivity contribution in [2.75, 3.05) is 42.9 Å². The minimum absolute atomic E-state index is 0.0609. The topological polar surface area (TPSA) is 64.6 Å². The summed E-state index contributed by atoms with van der Waals surface area (Å²) in [6.07, 6.45) is 3.68. The van der Waals surface area contributed by atoms with Gasteiger partial charge in [-0.05, 0) is 33.6 Å². The molecular formula is C17H28N6O. The molecule has 24 heavy (non-hydrogen) atoms. The monoisotopic (exact) mass is 332 g/mol. The molecular weight excluding hydrogens is 304 g/mol. The van der Waals surface area contributed by atoms with Gasteiger partial charge in [-0.1, -0.05) is 0 Å². The fourth-order valence-electron chi connectivity index (χ4n) is 3.47. The third kappa shape index (κ3) is 3.77. The van der Waals surface area contributed by atoms with Crippen LogP contribution in [0.15, 0.2) is 12.4 Å². The molecule has 2 saturated heterocycles. The second kappa shape index (κ2) is 7.34. The average molecular weight is 332 g/mol. The van der Waals surface area contributed by atoms with Gasteiger partial charge in [-0.2, -0.15) is 0 Å². The second-order valence-electron chi connectivity index (χ2n) is 6.99. The number of hydrogen-bond acceptors (Lipinski definition) is 5. The Morgan fingerprint density at radius 1 is 1.21 bits per heavy atom. The van der Waals surface area contributed by atoms with Gasteiger partial charge in [0, 0.05) is 50.9 Å². The molecule has 1 N–H and O–H groups in total. The highest BCUT2D eigenvalue weighted by Gasteiger charge is 2.25. The lowest BCUT2D eigenvalue weighted by Crippen LogP contribution is -2.49. The van der Waals surface area contributed by atoms with Crippen LogP contribution in [0.2, 0.25) is 0 Å². The zero-order valence-electron chi connectivity index (χ0n) is 14.9. The number of amides is 2. The molecule has 2 aliphatic heterocycles. The smallest absolute Gasteiger partial charge is 0.323 e. The minimum atomic E-state index is -0.0609. The summed E-state index contributed by atoms with van der Waals surface area (Å²) in [4.78, 5) is 27.6. The predicted octanol–water partition coefficient (Wildman–Crippen LogP) is 2.02. The van der Waals surface area contributed by atoms with Crippen molar-refractivity contribution in [3.63, 3.8) is 0 Å². The first-order chi connectivity index (χ1) is 11.5. The molecule has 0 radical (unpaired) electrons. The summed E-state index contributed by atoms with van der Waals surface area (Å²) in [5, 5.41) is 2.92. The van der Waals surface area contributed by atoms with Gasteiger partial charge in [-0.25, -0.2) is 14.8 Å². The molecule has 0 bridgehead atoms. The summed E-state index contributed by atoms with van der Waals surface area (Å²) >= 11 is 0. The number of aromatic nitrogens is 2. The Labute approximate surface area is 144 Å². The molecule has 0 spiro atoms. The lowest BCUT2D eigenvalue weighted by Gasteiger charge is -2.37. The highest BCUT2D eigenvalue weighted by Crippen LogP contribution is 2.20. The number of piperazine rings is 1. The van der Waals surface area contributed by atoms with Crippen LogP contribution in [0.5, 0.6) is 0 Å². The van der Waals surface area contributed by atoms with Gasteiger partial charge in [-0.15, -0.1) is 0 Å². The third-order valence-electron chi connectivity index (χ3n) is 5.07. The van der Waals surface area contributed by atoms with E-state index in [2.05, 4.69) is 45.9 Å². The van der Waals surface area contributed by atoms with Crippen LogP contribution in [0, 0.1) is 0 Å². The molecule has 7 nitrogen and oxygen atoms in total. The molecule has 1 aromatic heterocycles. The van der Waals surface area contributed by atoms with Crippen molar-refractivity contribution < 1.29 is 4.79 Å². The van der Waals surface area contributed by atoms with Crippen LogP contribution in [0.4, 0.5) is 16.4 Å². The molecule has 2 amide bonds. The van der Waals surface area contributed by atoms with Crippen LogP contribution in [0.3, 0.4) is 0 Å². The number of carbonyl (C=O) groups excluding carboxylic acids is 1. The first kappa shape index (κ1) is 17.0. The lowest BCUT2D eigenvalue weighted by atomic mass is 10.2. The van der Waals surface area contributed by atoms with Crippen molar-refractivity contribution in [2.24, 2.45) is 0 Å². The van der Waals surface area contributed by atoms with E-state index in [9.17, 15) is 4.79 Å². The summed E-state index contributed by atoms with van der Waals surface area (Å²) in [5.74, 6) is 1.47. The predicted molar refractivity (Wildman–Crippen MR) is 95.4 cm³/mol. The zero-order chi connectivity index (χ0) is 17.1. The highest BCUT2D eigenvalue weighted by molar-refractivity contribution is 5.89. The van der Waals surface area contributed by atoms with Crippen LogP contribution >= 0.6 is 0 Å². The molecule has 1 atom stereocenters. The van der Waals surface area contributed by atoms with Crippen molar-refractivity contribution in [3.8, 4) is 0 Å². The van der Waals surface area contributed by atoms with Crippen LogP contribution < -0.4 is 10.2 Å². The summed E-state index contributed by atoms with van der Waals surface area (Å²) < 4.78 is 0. The van der Waals surface area contributed by atoms with Crippen molar-refractivity contribution in [1.29, 1.82) is 0 Å². The van der Waals surface area contributed by atoms with Gasteiger partial charge in [-0.3, -0.25) is 10.2 Å². The first-order valence-electron chi connectivity index (χ1n) is 8.93. The van der Waals surface area contributed by atoms with E-state index in [1.165, 1.54) is 6.33 Å². The van der Waals surface area contributed by atoms with Gasteiger partial charge < -0.3 is 9.80 Å². The number of carbonyl (C=O) groups is 1. The van der Waals surface area contributed by atoms with Crippen LogP contribution in [-0.4, -0.2) is 70.6 Å². The Morgan fingerprint density at radius 3 is 2.58 bits per heavy atom. The molecule has 2 aliphatic rings. The SMILES string of the molecule is CC(C)N1CCN(c2cc(NC(=O)N3CCCC3C)ncn2)CC1. The Hall–Kier alpha value is -1.89. The van der Waals surface area contributed by atoms with E-state index in [0.717, 1.165) is 51.4 Å². The van der Waals surface area contributed by atoms with Crippen LogP contribution in [-0.2, 0) is 0 Å². The molecule has 132 valence electrons. The van der Waals surface area contributed by atoms with Crippen molar-refractivity contribution >= 4 is 17.7 Å². The summed E-state index contributed by atoms with van der Waals surface area (Å²) in [6.45, 7) is 11.3. The van der Waals surface area contributed by atoms with Gasteiger partial charge in [0.05, 0.1) is 0 Å². The van der Waals surface area contributed by atoms with E-state index in [1.54, 1.807) is 0 Å². The Balaban J connectivity index is 1.61. The minimum Gasteiger partial charge on any atom is -0.354 e. The molecule has 1 aromatic rings. The Bertz CT molecular complexity index is 570. The molecule has 0 saturated carbocycles. The Morgan fingerprint density at radius 2 is 1.96 bits per heavy atom. The van der Waals surface area contributed by atoms with E-state index in [4.69, 9.17) is 0 Å². The number of likely N-dealkylation sites (tertiary alicyclic amines) is 1. The normalized spacial score (nSPS) is 22.2. The van der Waals surface area contributed by atoms with E-state index in [-0.39, 0.29) is 6.03 Å². The maximum Gasteiger partial charge on any atom is 0.323 e. The average Bonchev–Trinajstić information content (AvgIpc) is 3.01. The standard InChI is InChI=1S/C17H28N6O/c1-13(2)21-7-9-22(10-8-21)16-11-15(18-12-19-16)20-17(24)23-6-4-5-14(23)3/h11-14H,4-10H2,1-3H3,(H,18,19,20,24). The zero-order valence-corrected chi connectivity index (χ0v) is 14.9. The first-order valence-corrected chi connectivity index (χ1v) is 8.93. The highest BCUT2D eigenvalue weighted by atomic mass is 16.2. The number of hydrogen-bond donors (Lipinski definition) is 1. The van der Waals surface area contributed by atoms with Gasteiger partial charge in [0.1, 0.15) is 18.0 Å². The molecule has 0 aliphatic carbocycles. The number of urea groups is 1. The van der Waals surface area contributed by atoms with Crippen LogP contribution in [0.25, 0.3) is 0 Å². The summed E-state index contributed by atoms with van der Waals surface area (Å²) in [7, 11) is 0. The fraction of sp³-hybridized carbons (Fsp3) is 0.706. The molecule has 3 heterocycles. The molecule has 1 unspecified atom stereocenters. The number of anilines is 2. The molecule has 7 heteroatoms.